The molecule has 0 unspecified atom stereocenters. The highest BCUT2D eigenvalue weighted by Gasteiger charge is 2.53. The van der Waals surface area contributed by atoms with Crippen molar-refractivity contribution in [1.82, 2.24) is 30.5 Å². The minimum absolute atomic E-state index is 0.00158. The van der Waals surface area contributed by atoms with Gasteiger partial charge in [-0.25, -0.2) is 9.97 Å². The van der Waals surface area contributed by atoms with Gasteiger partial charge in [-0.15, -0.1) is 0 Å². The van der Waals surface area contributed by atoms with Crippen LogP contribution in [0.1, 0.15) is 37.3 Å². The van der Waals surface area contributed by atoms with Gasteiger partial charge in [-0.1, -0.05) is 12.1 Å². The van der Waals surface area contributed by atoms with E-state index < -0.39 is 18.2 Å². The number of aromatic amines is 1. The summed E-state index contributed by atoms with van der Waals surface area (Å²) >= 11 is 0. The molecule has 0 bridgehead atoms. The van der Waals surface area contributed by atoms with Crippen molar-refractivity contribution in [1.29, 1.82) is 0 Å². The molecule has 196 valence electrons. The van der Waals surface area contributed by atoms with E-state index in [1.807, 2.05) is 11.1 Å². The Morgan fingerprint density at radius 2 is 1.97 bits per heavy atom. The number of aromatic nitrogens is 3. The van der Waals surface area contributed by atoms with Crippen LogP contribution in [0, 0.1) is 6.92 Å². The number of carbonyl (C=O) groups excluding carboxylic acids is 2. The number of nitrogens with zero attached hydrogens (tertiary/aromatic N) is 4. The fraction of sp³-hybridized carbons (Fsp3) is 0.481. The Kier molecular flexibility index (Phi) is 6.87. The SMILES string of the molecule is CN[C@@H](C)C(=O)N[C@H](C(=O)N1CC[C@@H]2[C@H]1[C@@H](c1c[nH]c3cc(C)ccc13)CN2c1ncccn1)[C@@H](C)O. The monoisotopic (exact) mass is 505 g/mol. The lowest BCUT2D eigenvalue weighted by atomic mass is 9.90. The van der Waals surface area contributed by atoms with Gasteiger partial charge in [-0.2, -0.15) is 0 Å². The Hall–Kier alpha value is -3.50. The van der Waals surface area contributed by atoms with Crippen molar-refractivity contribution in [3.8, 4) is 0 Å². The number of likely N-dealkylation sites (N-methyl/N-ethyl adjacent to an activating group) is 1. The molecule has 10 nitrogen and oxygen atoms in total. The molecule has 2 amide bonds. The van der Waals surface area contributed by atoms with Crippen LogP contribution in [0.3, 0.4) is 0 Å². The van der Waals surface area contributed by atoms with Gasteiger partial charge in [0, 0.05) is 48.5 Å². The highest BCUT2D eigenvalue weighted by Crippen LogP contribution is 2.44. The summed E-state index contributed by atoms with van der Waals surface area (Å²) in [6.45, 7) is 6.51. The third-order valence-electron chi connectivity index (χ3n) is 7.86. The Morgan fingerprint density at radius 3 is 2.68 bits per heavy atom. The van der Waals surface area contributed by atoms with Gasteiger partial charge in [0.25, 0.3) is 0 Å². The predicted molar refractivity (Wildman–Crippen MR) is 141 cm³/mol. The van der Waals surface area contributed by atoms with Gasteiger partial charge in [0.05, 0.1) is 24.2 Å². The number of hydrogen-bond acceptors (Lipinski definition) is 7. The number of aliphatic hydroxyl groups excluding tert-OH is 1. The van der Waals surface area contributed by atoms with Gasteiger partial charge in [0.2, 0.25) is 17.8 Å². The fourth-order valence-corrected chi connectivity index (χ4v) is 5.83. The third kappa shape index (κ3) is 4.55. The molecule has 0 aliphatic carbocycles. The third-order valence-corrected chi connectivity index (χ3v) is 7.86. The lowest BCUT2D eigenvalue weighted by molar-refractivity contribution is -0.140. The van der Waals surface area contributed by atoms with Crippen LogP contribution in [0.25, 0.3) is 10.9 Å². The molecule has 0 radical (unpaired) electrons. The fourth-order valence-electron chi connectivity index (χ4n) is 5.83. The lowest BCUT2D eigenvalue weighted by Crippen LogP contribution is -2.58. The summed E-state index contributed by atoms with van der Waals surface area (Å²) < 4.78 is 0. The Bertz CT molecular complexity index is 1280. The Labute approximate surface area is 216 Å². The second-order valence-electron chi connectivity index (χ2n) is 10.2. The van der Waals surface area contributed by atoms with Gasteiger partial charge in [0.1, 0.15) is 6.04 Å². The van der Waals surface area contributed by atoms with E-state index in [0.717, 1.165) is 22.9 Å². The minimum Gasteiger partial charge on any atom is -0.391 e. The number of H-pyrrole nitrogens is 1. The van der Waals surface area contributed by atoms with Crippen molar-refractivity contribution in [2.24, 2.45) is 0 Å². The maximum absolute atomic E-state index is 13.9. The van der Waals surface area contributed by atoms with Crippen LogP contribution >= 0.6 is 0 Å². The number of nitrogens with one attached hydrogen (secondary N) is 3. The maximum atomic E-state index is 13.9. The minimum atomic E-state index is -1.04. The van der Waals surface area contributed by atoms with E-state index in [1.54, 1.807) is 39.4 Å². The van der Waals surface area contributed by atoms with Crippen LogP contribution in [0.4, 0.5) is 5.95 Å². The molecule has 0 saturated carbocycles. The summed E-state index contributed by atoms with van der Waals surface area (Å²) in [4.78, 5) is 43.0. The molecule has 2 aromatic heterocycles. The zero-order valence-corrected chi connectivity index (χ0v) is 21.7. The van der Waals surface area contributed by atoms with Gasteiger partial charge >= 0.3 is 0 Å². The first kappa shape index (κ1) is 25.2. The van der Waals surface area contributed by atoms with Crippen LogP contribution in [0.5, 0.6) is 0 Å². The van der Waals surface area contributed by atoms with Crippen LogP contribution in [-0.4, -0.2) is 87.2 Å². The van der Waals surface area contributed by atoms with E-state index in [2.05, 4.69) is 55.6 Å². The number of aliphatic hydroxyl groups is 1. The zero-order valence-electron chi connectivity index (χ0n) is 21.7. The smallest absolute Gasteiger partial charge is 0.248 e. The van der Waals surface area contributed by atoms with Crippen molar-refractivity contribution < 1.29 is 14.7 Å². The molecule has 2 fully saturated rings. The first-order valence-electron chi connectivity index (χ1n) is 12.9. The number of anilines is 1. The summed E-state index contributed by atoms with van der Waals surface area (Å²) in [6.07, 6.45) is 5.23. The van der Waals surface area contributed by atoms with E-state index >= 15 is 0 Å². The van der Waals surface area contributed by atoms with Gasteiger partial charge in [0.15, 0.2) is 0 Å². The number of hydrogen-bond donors (Lipinski definition) is 4. The second kappa shape index (κ2) is 10.1. The Balaban J connectivity index is 1.51. The number of fused-ring (bicyclic) bond motifs is 2. The molecule has 3 aromatic rings. The van der Waals surface area contributed by atoms with Crippen molar-refractivity contribution >= 4 is 28.7 Å². The van der Waals surface area contributed by atoms with Crippen molar-refractivity contribution in [2.75, 3.05) is 25.0 Å². The molecule has 1 aromatic carbocycles. The molecule has 10 heteroatoms. The number of carbonyl (C=O) groups is 2. The van der Waals surface area contributed by atoms with E-state index in [4.69, 9.17) is 0 Å². The summed E-state index contributed by atoms with van der Waals surface area (Å²) in [5.41, 5.74) is 3.38. The van der Waals surface area contributed by atoms with E-state index in [9.17, 15) is 14.7 Å². The topological polar surface area (TPSA) is 126 Å². The number of benzene rings is 1. The molecule has 0 spiro atoms. The molecular weight excluding hydrogens is 470 g/mol. The molecule has 6 atom stereocenters. The summed E-state index contributed by atoms with van der Waals surface area (Å²) in [7, 11) is 1.68. The van der Waals surface area contributed by atoms with E-state index in [-0.39, 0.29) is 29.8 Å². The highest BCUT2D eigenvalue weighted by atomic mass is 16.3. The van der Waals surface area contributed by atoms with Crippen molar-refractivity contribution in [3.63, 3.8) is 0 Å². The van der Waals surface area contributed by atoms with Crippen LogP contribution < -0.4 is 15.5 Å². The molecule has 4 N–H and O–H groups in total. The van der Waals surface area contributed by atoms with Crippen molar-refractivity contribution in [3.05, 3.63) is 54.0 Å². The largest absolute Gasteiger partial charge is 0.391 e. The Morgan fingerprint density at radius 1 is 1.22 bits per heavy atom. The molecular formula is C27H35N7O3. The second-order valence-corrected chi connectivity index (χ2v) is 10.2. The van der Waals surface area contributed by atoms with E-state index in [1.165, 1.54) is 5.56 Å². The first-order chi connectivity index (χ1) is 17.8. The summed E-state index contributed by atoms with van der Waals surface area (Å²) in [6, 6.07) is 6.50. The van der Waals surface area contributed by atoms with Crippen LogP contribution in [0.2, 0.25) is 0 Å². The maximum Gasteiger partial charge on any atom is 0.248 e. The quantitative estimate of drug-likeness (QED) is 0.381. The zero-order chi connectivity index (χ0) is 26.3. The number of amides is 2. The first-order valence-corrected chi connectivity index (χ1v) is 12.9. The number of aryl methyl sites for hydroxylation is 1. The van der Waals surface area contributed by atoms with Gasteiger partial charge in [-0.3, -0.25) is 9.59 Å². The standard InChI is InChI=1S/C27H35N7O3/c1-15-6-7-18-19(13-31-21(18)12-15)20-14-34(27-29-9-5-10-30-27)22-8-11-33(24(20)22)26(37)23(17(3)35)32-25(36)16(2)28-4/h5-7,9-10,12-13,16-17,20,22-24,28,31,35H,8,11,14H2,1-4H3,(H,32,36)/t16-,17+,20+,22+,23-,24+/m0/s1. The van der Waals surface area contributed by atoms with Gasteiger partial charge < -0.3 is 30.5 Å². The molecule has 2 aliphatic rings. The number of rotatable bonds is 7. The highest BCUT2D eigenvalue weighted by molar-refractivity contribution is 5.91. The molecule has 5 rings (SSSR count). The van der Waals surface area contributed by atoms with E-state index in [0.29, 0.717) is 19.0 Å². The van der Waals surface area contributed by atoms with Crippen LogP contribution in [0.15, 0.2) is 42.9 Å². The average Bonchev–Trinajstić information content (AvgIpc) is 3.60. The molecule has 2 saturated heterocycles. The average molecular weight is 506 g/mol. The molecule has 4 heterocycles. The normalized spacial score (nSPS) is 23.6. The van der Waals surface area contributed by atoms with Gasteiger partial charge in [-0.05, 0) is 57.5 Å². The number of likely N-dealkylation sites (tertiary alicyclic amines) is 1. The molecule has 2 aliphatic heterocycles. The van der Waals surface area contributed by atoms with Crippen LogP contribution in [-0.2, 0) is 9.59 Å². The van der Waals surface area contributed by atoms with Crippen molar-refractivity contribution in [2.45, 2.75) is 63.4 Å². The summed E-state index contributed by atoms with van der Waals surface area (Å²) in [5, 5.41) is 17.3. The predicted octanol–water partition coefficient (Wildman–Crippen LogP) is 1.31. The summed E-state index contributed by atoms with van der Waals surface area (Å²) in [5.74, 6) is 0.0500. The lowest BCUT2D eigenvalue weighted by Gasteiger charge is -2.33. The molecule has 37 heavy (non-hydrogen) atoms.